The van der Waals surface area contributed by atoms with Crippen LogP contribution < -0.4 is 10.6 Å². The molecule has 1 aliphatic heterocycles. The molecule has 1 saturated heterocycles. The molecule has 2 rings (SSSR count). The topological polar surface area (TPSA) is 78.5 Å². The Morgan fingerprint density at radius 3 is 2.67 bits per heavy atom. The van der Waals surface area contributed by atoms with Crippen molar-refractivity contribution in [1.29, 1.82) is 0 Å². The number of amides is 4. The average molecular weight is 372 g/mol. The number of hydrogen-bond donors (Lipinski definition) is 2. The predicted octanol–water partition coefficient (Wildman–Crippen LogP) is 2.68. The van der Waals surface area contributed by atoms with Gasteiger partial charge in [0.2, 0.25) is 5.91 Å². The summed E-state index contributed by atoms with van der Waals surface area (Å²) in [5.41, 5.74) is -0.900. The Kier molecular flexibility index (Phi) is 5.72. The van der Waals surface area contributed by atoms with E-state index < -0.39 is 17.5 Å². The van der Waals surface area contributed by atoms with E-state index in [4.69, 9.17) is 23.2 Å². The number of carbonyl (C=O) groups is 3. The monoisotopic (exact) mass is 371 g/mol. The molecule has 24 heavy (non-hydrogen) atoms. The number of urea groups is 1. The second-order valence-corrected chi connectivity index (χ2v) is 6.62. The predicted molar refractivity (Wildman–Crippen MR) is 92.0 cm³/mol. The van der Waals surface area contributed by atoms with E-state index in [1.165, 1.54) is 6.07 Å². The van der Waals surface area contributed by atoms with E-state index in [1.807, 2.05) is 6.92 Å². The van der Waals surface area contributed by atoms with Gasteiger partial charge in [0.05, 0.1) is 0 Å². The minimum atomic E-state index is -1.33. The van der Waals surface area contributed by atoms with Crippen molar-refractivity contribution in [3.05, 3.63) is 33.8 Å². The number of rotatable bonds is 6. The molecule has 8 heteroatoms. The molecule has 0 radical (unpaired) electrons. The molecular formula is C16H19Cl2N3O3. The van der Waals surface area contributed by atoms with Crippen molar-refractivity contribution in [2.45, 2.75) is 32.2 Å². The van der Waals surface area contributed by atoms with Crippen LogP contribution in [0, 0.1) is 0 Å². The fourth-order valence-electron chi connectivity index (χ4n) is 2.52. The summed E-state index contributed by atoms with van der Waals surface area (Å²) in [6.45, 7) is 3.75. The lowest BCUT2D eigenvalue weighted by Gasteiger charge is -2.23. The Morgan fingerprint density at radius 1 is 1.33 bits per heavy atom. The first kappa shape index (κ1) is 18.5. The normalized spacial score (nSPS) is 20.2. The van der Waals surface area contributed by atoms with Gasteiger partial charge in [-0.25, -0.2) is 4.79 Å². The molecule has 1 heterocycles. The molecule has 0 saturated carbocycles. The molecule has 0 aliphatic carbocycles. The van der Waals surface area contributed by atoms with E-state index in [0.29, 0.717) is 17.1 Å². The number of hydrogen-bond acceptors (Lipinski definition) is 3. The number of halogens is 2. The second kappa shape index (κ2) is 7.40. The first-order chi connectivity index (χ1) is 11.3. The number of carbonyl (C=O) groups excluding carboxylic acids is 3. The van der Waals surface area contributed by atoms with Crippen molar-refractivity contribution < 1.29 is 14.4 Å². The van der Waals surface area contributed by atoms with Crippen molar-refractivity contribution in [3.63, 3.8) is 0 Å². The summed E-state index contributed by atoms with van der Waals surface area (Å²) < 4.78 is 0. The van der Waals surface area contributed by atoms with Crippen LogP contribution in [0.15, 0.2) is 18.2 Å². The Balaban J connectivity index is 2.17. The van der Waals surface area contributed by atoms with Gasteiger partial charge < -0.3 is 10.6 Å². The van der Waals surface area contributed by atoms with Gasteiger partial charge in [0.15, 0.2) is 0 Å². The molecule has 1 atom stereocenters. The van der Waals surface area contributed by atoms with Crippen LogP contribution in [0.2, 0.25) is 10.0 Å². The first-order valence-corrected chi connectivity index (χ1v) is 8.41. The summed E-state index contributed by atoms with van der Waals surface area (Å²) >= 11 is 12.0. The van der Waals surface area contributed by atoms with Gasteiger partial charge in [0.25, 0.3) is 5.91 Å². The van der Waals surface area contributed by atoms with E-state index in [0.717, 1.165) is 17.7 Å². The van der Waals surface area contributed by atoms with Gasteiger partial charge in [-0.15, -0.1) is 0 Å². The summed E-state index contributed by atoms with van der Waals surface area (Å²) in [7, 11) is 0. The Morgan fingerprint density at radius 2 is 2.04 bits per heavy atom. The molecule has 0 bridgehead atoms. The van der Waals surface area contributed by atoms with Gasteiger partial charge in [-0.3, -0.25) is 14.5 Å². The molecule has 6 nitrogen and oxygen atoms in total. The van der Waals surface area contributed by atoms with E-state index in [1.54, 1.807) is 19.1 Å². The minimum Gasteiger partial charge on any atom is -0.355 e. The maximum absolute atomic E-state index is 12.7. The van der Waals surface area contributed by atoms with Crippen LogP contribution >= 0.6 is 23.2 Å². The molecule has 0 aromatic heterocycles. The highest BCUT2D eigenvalue weighted by Crippen LogP contribution is 2.34. The summed E-state index contributed by atoms with van der Waals surface area (Å²) in [4.78, 5) is 37.7. The van der Waals surface area contributed by atoms with E-state index in [9.17, 15) is 14.4 Å². The van der Waals surface area contributed by atoms with Gasteiger partial charge in [-0.05, 0) is 25.5 Å². The maximum Gasteiger partial charge on any atom is 0.325 e. The third-order valence-corrected chi connectivity index (χ3v) is 4.45. The summed E-state index contributed by atoms with van der Waals surface area (Å²) in [6, 6.07) is 4.06. The molecule has 0 spiro atoms. The van der Waals surface area contributed by atoms with E-state index >= 15 is 0 Å². The first-order valence-electron chi connectivity index (χ1n) is 7.66. The zero-order chi connectivity index (χ0) is 17.9. The SMILES string of the molecule is CCCCNC(=O)CN1C(=O)NC(C)(c2ccc(Cl)cc2Cl)C1=O. The summed E-state index contributed by atoms with van der Waals surface area (Å²) in [5, 5.41) is 5.99. The van der Waals surface area contributed by atoms with Crippen LogP contribution in [0.4, 0.5) is 4.79 Å². The Labute approximate surface area is 150 Å². The van der Waals surface area contributed by atoms with Crippen LogP contribution in [0.3, 0.4) is 0 Å². The number of benzene rings is 1. The third-order valence-electron chi connectivity index (χ3n) is 3.90. The van der Waals surface area contributed by atoms with Crippen molar-refractivity contribution in [1.82, 2.24) is 15.5 Å². The fraction of sp³-hybridized carbons (Fsp3) is 0.438. The van der Waals surface area contributed by atoms with Crippen LogP contribution in [0.5, 0.6) is 0 Å². The molecule has 1 aliphatic rings. The smallest absolute Gasteiger partial charge is 0.325 e. The van der Waals surface area contributed by atoms with Gasteiger partial charge in [-0.2, -0.15) is 0 Å². The van der Waals surface area contributed by atoms with Crippen LogP contribution in [-0.4, -0.2) is 35.8 Å². The lowest BCUT2D eigenvalue weighted by molar-refractivity contribution is -0.134. The molecule has 1 unspecified atom stereocenters. The van der Waals surface area contributed by atoms with E-state index in [2.05, 4.69) is 10.6 Å². The highest BCUT2D eigenvalue weighted by atomic mass is 35.5. The van der Waals surface area contributed by atoms with Crippen LogP contribution in [0.1, 0.15) is 32.3 Å². The quantitative estimate of drug-likeness (QED) is 0.595. The lowest BCUT2D eigenvalue weighted by atomic mass is 9.92. The molecule has 1 fully saturated rings. The zero-order valence-electron chi connectivity index (χ0n) is 13.5. The molecule has 1 aromatic rings. The lowest BCUT2D eigenvalue weighted by Crippen LogP contribution is -2.43. The van der Waals surface area contributed by atoms with Gasteiger partial charge >= 0.3 is 6.03 Å². The molecule has 2 N–H and O–H groups in total. The third kappa shape index (κ3) is 3.65. The van der Waals surface area contributed by atoms with Crippen molar-refractivity contribution in [3.8, 4) is 0 Å². The van der Waals surface area contributed by atoms with Crippen molar-refractivity contribution >= 4 is 41.0 Å². The van der Waals surface area contributed by atoms with Gasteiger partial charge in [-0.1, -0.05) is 42.6 Å². The molecule has 1 aromatic carbocycles. The number of unbranched alkanes of at least 4 members (excludes halogenated alkanes) is 1. The highest BCUT2D eigenvalue weighted by molar-refractivity contribution is 6.35. The van der Waals surface area contributed by atoms with Crippen LogP contribution in [0.25, 0.3) is 0 Å². The van der Waals surface area contributed by atoms with Crippen molar-refractivity contribution in [2.24, 2.45) is 0 Å². The highest BCUT2D eigenvalue weighted by Gasteiger charge is 2.50. The standard InChI is InChI=1S/C16H19Cl2N3O3/c1-3-4-7-19-13(22)9-21-14(23)16(2,20-15(21)24)11-6-5-10(17)8-12(11)18/h5-6,8H,3-4,7,9H2,1-2H3,(H,19,22)(H,20,24). The number of nitrogens with one attached hydrogen (secondary N) is 2. The molecule has 4 amide bonds. The largest absolute Gasteiger partial charge is 0.355 e. The maximum atomic E-state index is 12.7. The number of nitrogens with zero attached hydrogens (tertiary/aromatic N) is 1. The number of imide groups is 1. The van der Waals surface area contributed by atoms with Gasteiger partial charge in [0.1, 0.15) is 12.1 Å². The Hall–Kier alpha value is -1.79. The van der Waals surface area contributed by atoms with Crippen molar-refractivity contribution in [2.75, 3.05) is 13.1 Å². The van der Waals surface area contributed by atoms with E-state index in [-0.39, 0.29) is 17.5 Å². The minimum absolute atomic E-state index is 0.271. The zero-order valence-corrected chi connectivity index (χ0v) is 15.0. The molecular weight excluding hydrogens is 353 g/mol. The average Bonchev–Trinajstić information content (AvgIpc) is 2.71. The van der Waals surface area contributed by atoms with Crippen LogP contribution in [-0.2, 0) is 15.1 Å². The van der Waals surface area contributed by atoms with Gasteiger partial charge in [0, 0.05) is 22.2 Å². The summed E-state index contributed by atoms with van der Waals surface area (Å²) in [6.07, 6.45) is 1.78. The second-order valence-electron chi connectivity index (χ2n) is 5.77. The Bertz CT molecular complexity index is 681. The fourth-order valence-corrected chi connectivity index (χ4v) is 3.12. The molecule has 130 valence electrons. The summed E-state index contributed by atoms with van der Waals surface area (Å²) in [5.74, 6) is -0.902.